The predicted molar refractivity (Wildman–Crippen MR) is 61.4 cm³/mol. The second-order valence-corrected chi connectivity index (χ2v) is 6.85. The van der Waals surface area contributed by atoms with E-state index in [1.807, 2.05) is 20.8 Å². The van der Waals surface area contributed by atoms with Gasteiger partial charge in [0.25, 0.3) is 0 Å². The van der Waals surface area contributed by atoms with Crippen LogP contribution in [0.1, 0.15) is 40.0 Å². The lowest BCUT2D eigenvalue weighted by Crippen LogP contribution is -2.12. The number of hydrogen-bond acceptors (Lipinski definition) is 3. The van der Waals surface area contributed by atoms with Crippen LogP contribution in [0.5, 0.6) is 0 Å². The molecule has 0 aliphatic carbocycles. The lowest BCUT2D eigenvalue weighted by Gasteiger charge is -2.08. The Bertz CT molecular complexity index is 339. The molecule has 0 aromatic heterocycles. The van der Waals surface area contributed by atoms with Crippen LogP contribution in [-0.2, 0) is 14.6 Å². The van der Waals surface area contributed by atoms with Gasteiger partial charge in [-0.1, -0.05) is 6.92 Å². The fraction of sp³-hybridized carbons (Fsp3) is 0.818. The van der Waals surface area contributed by atoms with Crippen molar-refractivity contribution < 1.29 is 13.2 Å². The summed E-state index contributed by atoms with van der Waals surface area (Å²) in [5, 5.41) is 0. The van der Waals surface area contributed by atoms with Crippen LogP contribution < -0.4 is 0 Å². The van der Waals surface area contributed by atoms with Gasteiger partial charge >= 0.3 is 0 Å². The third kappa shape index (κ3) is 2.97. The lowest BCUT2D eigenvalue weighted by atomic mass is 10.0. The Morgan fingerprint density at radius 3 is 2.47 bits per heavy atom. The molecular formula is C11H20O3S. The molecule has 1 saturated heterocycles. The molecule has 0 aromatic rings. The maximum Gasteiger partial charge on any atom is 0.158 e. The average Bonchev–Trinajstić information content (AvgIpc) is 2.68. The van der Waals surface area contributed by atoms with Crippen LogP contribution in [0.4, 0.5) is 0 Å². The van der Waals surface area contributed by atoms with Crippen molar-refractivity contribution in [3.8, 4) is 0 Å². The fourth-order valence-electron chi connectivity index (χ4n) is 1.75. The van der Waals surface area contributed by atoms with Crippen LogP contribution in [0.3, 0.4) is 0 Å². The summed E-state index contributed by atoms with van der Waals surface area (Å²) in [6.07, 6.45) is 4.01. The highest BCUT2D eigenvalue weighted by Gasteiger charge is 2.58. The van der Waals surface area contributed by atoms with E-state index in [1.165, 1.54) is 0 Å². The highest BCUT2D eigenvalue weighted by Crippen LogP contribution is 2.43. The number of sulfone groups is 1. The van der Waals surface area contributed by atoms with Crippen LogP contribution in [0.25, 0.3) is 0 Å². The molecule has 0 radical (unpaired) electrons. The van der Waals surface area contributed by atoms with E-state index in [9.17, 15) is 8.42 Å². The van der Waals surface area contributed by atoms with E-state index in [0.29, 0.717) is 12.4 Å². The summed E-state index contributed by atoms with van der Waals surface area (Å²) in [7, 11) is -2.74. The van der Waals surface area contributed by atoms with Crippen LogP contribution in [0, 0.1) is 0 Å². The maximum absolute atomic E-state index is 11.3. The van der Waals surface area contributed by atoms with Crippen molar-refractivity contribution in [3.05, 3.63) is 11.8 Å². The van der Waals surface area contributed by atoms with Gasteiger partial charge in [0.15, 0.2) is 9.84 Å². The van der Waals surface area contributed by atoms with Gasteiger partial charge in [0, 0.05) is 0 Å². The lowest BCUT2D eigenvalue weighted by molar-refractivity contribution is 0.236. The molecule has 0 N–H and O–H groups in total. The number of allylic oxidation sites excluding steroid dienone is 1. The highest BCUT2D eigenvalue weighted by atomic mass is 32.2. The van der Waals surface area contributed by atoms with Gasteiger partial charge in [-0.05, 0) is 38.7 Å². The zero-order valence-electron chi connectivity index (χ0n) is 9.75. The third-order valence-electron chi connectivity index (χ3n) is 2.88. The molecule has 15 heavy (non-hydrogen) atoms. The van der Waals surface area contributed by atoms with E-state index in [1.54, 1.807) is 6.26 Å². The van der Waals surface area contributed by atoms with E-state index in [0.717, 1.165) is 24.8 Å². The minimum Gasteiger partial charge on any atom is -0.501 e. The molecule has 1 fully saturated rings. The largest absolute Gasteiger partial charge is 0.501 e. The molecule has 0 spiro atoms. The molecule has 0 aromatic carbocycles. The molecule has 0 bridgehead atoms. The van der Waals surface area contributed by atoms with Gasteiger partial charge in [0.05, 0.1) is 23.4 Å². The average molecular weight is 232 g/mol. The number of hydrogen-bond donors (Lipinski definition) is 0. The smallest absolute Gasteiger partial charge is 0.158 e. The van der Waals surface area contributed by atoms with Gasteiger partial charge in [-0.15, -0.1) is 0 Å². The van der Waals surface area contributed by atoms with Crippen molar-refractivity contribution in [2.45, 2.75) is 44.8 Å². The first kappa shape index (κ1) is 12.6. The quantitative estimate of drug-likeness (QED) is 0.401. The molecule has 1 rings (SSSR count). The summed E-state index contributed by atoms with van der Waals surface area (Å²) in [4.78, 5) is 0. The van der Waals surface area contributed by atoms with Crippen molar-refractivity contribution in [2.75, 3.05) is 12.4 Å². The molecule has 1 unspecified atom stereocenters. The van der Waals surface area contributed by atoms with E-state index in [-0.39, 0.29) is 0 Å². The summed E-state index contributed by atoms with van der Waals surface area (Å²) < 4.78 is 27.6. The minimum atomic E-state index is -2.74. The number of rotatable bonds is 6. The van der Waals surface area contributed by atoms with Crippen molar-refractivity contribution in [2.24, 2.45) is 0 Å². The van der Waals surface area contributed by atoms with Crippen molar-refractivity contribution in [1.29, 1.82) is 0 Å². The van der Waals surface area contributed by atoms with Gasteiger partial charge in [-0.3, -0.25) is 0 Å². The third-order valence-corrected chi connectivity index (χ3v) is 5.42. The monoisotopic (exact) mass is 232 g/mol. The van der Waals surface area contributed by atoms with Crippen LogP contribution in [-0.4, -0.2) is 25.5 Å². The first-order valence-electron chi connectivity index (χ1n) is 5.41. The first-order chi connectivity index (χ1) is 6.93. The molecule has 4 heteroatoms. The molecule has 0 saturated carbocycles. The predicted octanol–water partition coefficient (Wildman–Crippen LogP) is 2.28. The van der Waals surface area contributed by atoms with Gasteiger partial charge < -0.3 is 4.74 Å². The van der Waals surface area contributed by atoms with Gasteiger partial charge in [-0.2, -0.15) is 0 Å². The Balaban J connectivity index is 2.24. The zero-order chi connectivity index (χ0) is 11.5. The molecule has 1 aliphatic rings. The van der Waals surface area contributed by atoms with E-state index in [2.05, 4.69) is 0 Å². The van der Waals surface area contributed by atoms with E-state index in [4.69, 9.17) is 4.74 Å². The molecule has 1 aliphatic heterocycles. The fourth-order valence-corrected chi connectivity index (χ4v) is 3.91. The van der Waals surface area contributed by atoms with Crippen LogP contribution >= 0.6 is 0 Å². The molecule has 3 nitrogen and oxygen atoms in total. The SMILES string of the molecule is CCC1(CCCOC=C(C)C)CS1(=O)=O. The Hall–Kier alpha value is -0.510. The molecule has 0 amide bonds. The Labute approximate surface area is 92.4 Å². The normalized spacial score (nSPS) is 27.1. The van der Waals surface area contributed by atoms with Crippen molar-refractivity contribution >= 4 is 9.84 Å². The first-order valence-corrected chi connectivity index (χ1v) is 7.06. The van der Waals surface area contributed by atoms with Crippen LogP contribution in [0.15, 0.2) is 11.8 Å². The maximum atomic E-state index is 11.3. The van der Waals surface area contributed by atoms with Gasteiger partial charge in [0.1, 0.15) is 0 Å². The van der Waals surface area contributed by atoms with Gasteiger partial charge in [-0.25, -0.2) is 8.42 Å². The molecular weight excluding hydrogens is 212 g/mol. The summed E-state index contributed by atoms with van der Waals surface area (Å²) in [6, 6.07) is 0. The minimum absolute atomic E-state index is 0.374. The Kier molecular flexibility index (Phi) is 3.82. The van der Waals surface area contributed by atoms with E-state index < -0.39 is 14.6 Å². The van der Waals surface area contributed by atoms with Crippen molar-refractivity contribution in [1.82, 2.24) is 0 Å². The molecule has 1 atom stereocenters. The van der Waals surface area contributed by atoms with Crippen LogP contribution in [0.2, 0.25) is 0 Å². The van der Waals surface area contributed by atoms with E-state index >= 15 is 0 Å². The summed E-state index contributed by atoms with van der Waals surface area (Å²) in [5.74, 6) is 0.374. The van der Waals surface area contributed by atoms with Gasteiger partial charge in [0.2, 0.25) is 0 Å². The van der Waals surface area contributed by atoms with Crippen molar-refractivity contribution in [3.63, 3.8) is 0 Å². The standard InChI is InChI=1S/C11H20O3S/c1-4-11(9-15(11,12)13)6-5-7-14-8-10(2)3/h8H,4-7,9H2,1-3H3. The second kappa shape index (κ2) is 4.56. The Morgan fingerprint density at radius 2 is 2.07 bits per heavy atom. The highest BCUT2D eigenvalue weighted by molar-refractivity contribution is 8.00. The number of ether oxygens (including phenoxy) is 1. The molecule has 1 heterocycles. The molecule has 88 valence electrons. The summed E-state index contributed by atoms with van der Waals surface area (Å²) in [6.45, 7) is 6.50. The second-order valence-electron chi connectivity index (χ2n) is 4.47. The summed E-state index contributed by atoms with van der Waals surface area (Å²) >= 11 is 0. The summed E-state index contributed by atoms with van der Waals surface area (Å²) in [5.41, 5.74) is 1.12. The topological polar surface area (TPSA) is 43.4 Å². The zero-order valence-corrected chi connectivity index (χ0v) is 10.6. The Morgan fingerprint density at radius 1 is 1.47 bits per heavy atom.